The van der Waals surface area contributed by atoms with Crippen LogP contribution >= 0.6 is 40.7 Å². The second-order valence-corrected chi connectivity index (χ2v) is 3.36. The molecule has 0 aliphatic carbocycles. The molecule has 0 atom stereocenters. The van der Waals surface area contributed by atoms with Crippen LogP contribution < -0.4 is 11.5 Å². The van der Waals surface area contributed by atoms with Crippen LogP contribution in [0.3, 0.4) is 0 Å². The van der Waals surface area contributed by atoms with E-state index in [1.807, 2.05) is 0 Å². The largest absolute Gasteiger partial charge is 0.398 e. The zero-order chi connectivity index (χ0) is 9.14. The number of nitrogens with two attached hydrogens (primary N) is 2. The summed E-state index contributed by atoms with van der Waals surface area (Å²) in [5, 5.41) is 0. The standard InChI is InChI=1S/C8H10BrFN2.2ClH/c9-6-3-5(1-2-11)8(12)4-7(6)10;;/h3-4H,1-2,11-12H2;2*1H. The molecule has 0 radical (unpaired) electrons. The average molecular weight is 306 g/mol. The molecule has 82 valence electrons. The molecule has 0 fully saturated rings. The molecule has 6 heteroatoms. The first kappa shape index (κ1) is 16.4. The Morgan fingerprint density at radius 3 is 2.36 bits per heavy atom. The van der Waals surface area contributed by atoms with Gasteiger partial charge in [-0.05, 0) is 46.6 Å². The second-order valence-electron chi connectivity index (χ2n) is 2.50. The lowest BCUT2D eigenvalue weighted by Crippen LogP contribution is -2.05. The van der Waals surface area contributed by atoms with E-state index in [1.165, 1.54) is 6.07 Å². The maximum Gasteiger partial charge on any atom is 0.139 e. The van der Waals surface area contributed by atoms with Gasteiger partial charge in [-0.25, -0.2) is 4.39 Å². The van der Waals surface area contributed by atoms with Crippen LogP contribution in [-0.4, -0.2) is 6.54 Å². The number of benzene rings is 1. The van der Waals surface area contributed by atoms with E-state index in [4.69, 9.17) is 11.5 Å². The molecular formula is C8H12BrCl2FN2. The maximum atomic E-state index is 12.8. The van der Waals surface area contributed by atoms with Crippen molar-refractivity contribution in [1.29, 1.82) is 0 Å². The van der Waals surface area contributed by atoms with Gasteiger partial charge in [0.25, 0.3) is 0 Å². The third kappa shape index (κ3) is 4.00. The fraction of sp³-hybridized carbons (Fsp3) is 0.250. The second kappa shape index (κ2) is 7.29. The summed E-state index contributed by atoms with van der Waals surface area (Å²) in [6.45, 7) is 0.516. The average Bonchev–Trinajstić information content (AvgIpc) is 2.01. The van der Waals surface area contributed by atoms with Gasteiger partial charge >= 0.3 is 0 Å². The summed E-state index contributed by atoms with van der Waals surface area (Å²) >= 11 is 3.08. The zero-order valence-corrected chi connectivity index (χ0v) is 10.5. The van der Waals surface area contributed by atoms with Crippen molar-refractivity contribution in [2.75, 3.05) is 12.3 Å². The van der Waals surface area contributed by atoms with Crippen LogP contribution in [0.15, 0.2) is 16.6 Å². The number of halogens is 4. The summed E-state index contributed by atoms with van der Waals surface area (Å²) in [6.07, 6.45) is 0.671. The fourth-order valence-corrected chi connectivity index (χ4v) is 1.37. The highest BCUT2D eigenvalue weighted by molar-refractivity contribution is 9.10. The zero-order valence-electron chi connectivity index (χ0n) is 7.30. The van der Waals surface area contributed by atoms with Gasteiger partial charge in [-0.15, -0.1) is 24.8 Å². The number of rotatable bonds is 2. The minimum Gasteiger partial charge on any atom is -0.398 e. The van der Waals surface area contributed by atoms with Gasteiger partial charge in [0, 0.05) is 5.69 Å². The van der Waals surface area contributed by atoms with Crippen LogP contribution in [0.4, 0.5) is 10.1 Å². The Bertz CT molecular complexity index is 297. The molecule has 0 amide bonds. The first-order chi connectivity index (χ1) is 5.65. The summed E-state index contributed by atoms with van der Waals surface area (Å²) in [5.74, 6) is -0.340. The number of nitrogen functional groups attached to an aromatic ring is 1. The van der Waals surface area contributed by atoms with Crippen LogP contribution in [0, 0.1) is 5.82 Å². The predicted octanol–water partition coefficient (Wildman–Crippen LogP) is 2.52. The van der Waals surface area contributed by atoms with Crippen LogP contribution in [0.1, 0.15) is 5.56 Å². The van der Waals surface area contributed by atoms with E-state index in [0.717, 1.165) is 5.56 Å². The third-order valence-electron chi connectivity index (χ3n) is 1.60. The van der Waals surface area contributed by atoms with Crippen molar-refractivity contribution in [3.63, 3.8) is 0 Å². The minimum atomic E-state index is -0.340. The molecule has 2 nitrogen and oxygen atoms in total. The summed E-state index contributed by atoms with van der Waals surface area (Å²) in [5.41, 5.74) is 12.3. The monoisotopic (exact) mass is 304 g/mol. The van der Waals surface area contributed by atoms with Crippen molar-refractivity contribution in [3.8, 4) is 0 Å². The van der Waals surface area contributed by atoms with Gasteiger partial charge in [0.15, 0.2) is 0 Å². The summed E-state index contributed by atoms with van der Waals surface area (Å²) in [7, 11) is 0. The van der Waals surface area contributed by atoms with Gasteiger partial charge in [0.05, 0.1) is 4.47 Å². The lowest BCUT2D eigenvalue weighted by atomic mass is 10.1. The Hall–Kier alpha value is -0.0300. The predicted molar refractivity (Wildman–Crippen MR) is 65.8 cm³/mol. The highest BCUT2D eigenvalue weighted by Crippen LogP contribution is 2.22. The van der Waals surface area contributed by atoms with Gasteiger partial charge in [0.2, 0.25) is 0 Å². The smallest absolute Gasteiger partial charge is 0.139 e. The molecule has 0 aromatic heterocycles. The molecule has 14 heavy (non-hydrogen) atoms. The van der Waals surface area contributed by atoms with E-state index in [0.29, 0.717) is 23.1 Å². The van der Waals surface area contributed by atoms with Crippen LogP contribution in [-0.2, 0) is 6.42 Å². The molecule has 0 saturated heterocycles. The molecule has 0 bridgehead atoms. The third-order valence-corrected chi connectivity index (χ3v) is 2.20. The van der Waals surface area contributed by atoms with Crippen molar-refractivity contribution in [3.05, 3.63) is 28.0 Å². The van der Waals surface area contributed by atoms with Gasteiger partial charge in [-0.2, -0.15) is 0 Å². The van der Waals surface area contributed by atoms with Crippen molar-refractivity contribution in [2.24, 2.45) is 5.73 Å². The molecule has 1 aromatic carbocycles. The molecular weight excluding hydrogens is 294 g/mol. The summed E-state index contributed by atoms with van der Waals surface area (Å²) < 4.78 is 13.3. The Kier molecular flexibility index (Phi) is 8.54. The molecule has 0 unspecified atom stereocenters. The van der Waals surface area contributed by atoms with E-state index in [2.05, 4.69) is 15.9 Å². The highest BCUT2D eigenvalue weighted by atomic mass is 79.9. The van der Waals surface area contributed by atoms with E-state index in [1.54, 1.807) is 6.07 Å². The van der Waals surface area contributed by atoms with E-state index >= 15 is 0 Å². The van der Waals surface area contributed by atoms with E-state index < -0.39 is 0 Å². The maximum absolute atomic E-state index is 12.8. The van der Waals surface area contributed by atoms with Crippen LogP contribution in [0.5, 0.6) is 0 Å². The first-order valence-electron chi connectivity index (χ1n) is 3.58. The van der Waals surface area contributed by atoms with Gasteiger partial charge in [-0.1, -0.05) is 0 Å². The van der Waals surface area contributed by atoms with Gasteiger partial charge < -0.3 is 11.5 Å². The van der Waals surface area contributed by atoms with E-state index in [-0.39, 0.29) is 30.6 Å². The topological polar surface area (TPSA) is 52.0 Å². The van der Waals surface area contributed by atoms with Crippen LogP contribution in [0.25, 0.3) is 0 Å². The van der Waals surface area contributed by atoms with Crippen molar-refractivity contribution in [1.82, 2.24) is 0 Å². The molecule has 0 aliphatic heterocycles. The Balaban J connectivity index is 0. The fourth-order valence-electron chi connectivity index (χ4n) is 0.975. The highest BCUT2D eigenvalue weighted by Gasteiger charge is 2.04. The number of anilines is 1. The first-order valence-corrected chi connectivity index (χ1v) is 4.38. The van der Waals surface area contributed by atoms with E-state index in [9.17, 15) is 4.39 Å². The molecule has 0 saturated carbocycles. The Labute approximate surface area is 103 Å². The normalized spacial score (nSPS) is 8.79. The molecule has 0 heterocycles. The lowest BCUT2D eigenvalue weighted by Gasteiger charge is -2.05. The Morgan fingerprint density at radius 2 is 1.86 bits per heavy atom. The summed E-state index contributed by atoms with van der Waals surface area (Å²) in [6, 6.07) is 2.96. The van der Waals surface area contributed by atoms with Gasteiger partial charge in [0.1, 0.15) is 5.82 Å². The minimum absolute atomic E-state index is 0. The molecule has 1 aromatic rings. The molecule has 4 N–H and O–H groups in total. The number of hydrogen-bond acceptors (Lipinski definition) is 2. The van der Waals surface area contributed by atoms with Gasteiger partial charge in [-0.3, -0.25) is 0 Å². The Morgan fingerprint density at radius 1 is 1.29 bits per heavy atom. The number of hydrogen-bond donors (Lipinski definition) is 2. The van der Waals surface area contributed by atoms with Crippen LogP contribution in [0.2, 0.25) is 0 Å². The molecule has 0 aliphatic rings. The van der Waals surface area contributed by atoms with Crippen molar-refractivity contribution >= 4 is 46.4 Å². The summed E-state index contributed by atoms with van der Waals surface area (Å²) in [4.78, 5) is 0. The van der Waals surface area contributed by atoms with Crippen molar-refractivity contribution in [2.45, 2.75) is 6.42 Å². The lowest BCUT2D eigenvalue weighted by molar-refractivity contribution is 0.621. The van der Waals surface area contributed by atoms with Crippen molar-refractivity contribution < 1.29 is 4.39 Å². The quantitative estimate of drug-likeness (QED) is 0.825. The molecule has 0 spiro atoms. The SMILES string of the molecule is Cl.Cl.NCCc1cc(Br)c(F)cc1N. The molecule has 1 rings (SSSR count).